The Balaban J connectivity index is 1.67. The van der Waals surface area contributed by atoms with Gasteiger partial charge in [-0.15, -0.1) is 0 Å². The van der Waals surface area contributed by atoms with E-state index < -0.39 is 0 Å². The standard InChI is InChI=1S/C21H20N2O2/c1-14-19(11-16-7-8-18(25-2)12-20(16)22-14)21(24)23-10-9-15-5-3-4-6-17(15)13-23/h3-8,11-12H,9-10,13H2,1-2H3. The number of benzene rings is 2. The Bertz CT molecular complexity index is 965. The summed E-state index contributed by atoms with van der Waals surface area (Å²) in [5, 5.41) is 0.951. The van der Waals surface area contributed by atoms with Crippen LogP contribution in [0.2, 0.25) is 0 Å². The minimum absolute atomic E-state index is 0.0530. The average Bonchev–Trinajstić information content (AvgIpc) is 2.66. The van der Waals surface area contributed by atoms with Crippen molar-refractivity contribution in [1.82, 2.24) is 9.88 Å². The summed E-state index contributed by atoms with van der Waals surface area (Å²) in [5.74, 6) is 0.823. The van der Waals surface area contributed by atoms with E-state index in [0.29, 0.717) is 12.1 Å². The molecule has 1 aromatic heterocycles. The Morgan fingerprint density at radius 1 is 1.12 bits per heavy atom. The third-order valence-corrected chi connectivity index (χ3v) is 4.86. The summed E-state index contributed by atoms with van der Waals surface area (Å²) in [6, 6.07) is 16.0. The van der Waals surface area contributed by atoms with E-state index in [9.17, 15) is 4.79 Å². The number of pyridine rings is 1. The van der Waals surface area contributed by atoms with Crippen molar-refractivity contribution in [1.29, 1.82) is 0 Å². The Kier molecular flexibility index (Phi) is 3.88. The third-order valence-electron chi connectivity index (χ3n) is 4.86. The topological polar surface area (TPSA) is 42.4 Å². The van der Waals surface area contributed by atoms with Crippen molar-refractivity contribution in [3.63, 3.8) is 0 Å². The number of carbonyl (C=O) groups excluding carboxylic acids is 1. The number of hydrogen-bond acceptors (Lipinski definition) is 3. The smallest absolute Gasteiger partial charge is 0.256 e. The second kappa shape index (κ2) is 6.20. The SMILES string of the molecule is COc1ccc2cc(C(=O)N3CCc4ccccc4C3)c(C)nc2c1. The van der Waals surface area contributed by atoms with E-state index in [1.54, 1.807) is 7.11 Å². The fourth-order valence-electron chi connectivity index (χ4n) is 3.43. The number of nitrogens with zero attached hydrogens (tertiary/aromatic N) is 2. The lowest BCUT2D eigenvalue weighted by Crippen LogP contribution is -2.36. The number of carbonyl (C=O) groups is 1. The van der Waals surface area contributed by atoms with Crippen LogP contribution in [0.1, 0.15) is 27.2 Å². The Hall–Kier alpha value is -2.88. The molecule has 0 saturated carbocycles. The van der Waals surface area contributed by atoms with Crippen LogP contribution in [0.5, 0.6) is 5.75 Å². The molecule has 2 aromatic carbocycles. The number of ether oxygens (including phenoxy) is 1. The highest BCUT2D eigenvalue weighted by Gasteiger charge is 2.23. The molecule has 0 fully saturated rings. The van der Waals surface area contributed by atoms with E-state index in [4.69, 9.17) is 4.74 Å². The summed E-state index contributed by atoms with van der Waals surface area (Å²) < 4.78 is 5.25. The number of aryl methyl sites for hydroxylation is 1. The van der Waals surface area contributed by atoms with Crippen molar-refractivity contribution in [2.75, 3.05) is 13.7 Å². The van der Waals surface area contributed by atoms with Gasteiger partial charge in [0.25, 0.3) is 5.91 Å². The number of rotatable bonds is 2. The third kappa shape index (κ3) is 2.84. The van der Waals surface area contributed by atoms with Crippen LogP contribution in [-0.4, -0.2) is 29.4 Å². The fraction of sp³-hybridized carbons (Fsp3) is 0.238. The largest absolute Gasteiger partial charge is 0.497 e. The lowest BCUT2D eigenvalue weighted by Gasteiger charge is -2.29. The summed E-state index contributed by atoms with van der Waals surface area (Å²) in [6.07, 6.45) is 0.902. The van der Waals surface area contributed by atoms with Gasteiger partial charge in [-0.1, -0.05) is 24.3 Å². The van der Waals surface area contributed by atoms with Crippen molar-refractivity contribution in [3.8, 4) is 5.75 Å². The predicted octanol–water partition coefficient (Wildman–Crippen LogP) is 3.75. The van der Waals surface area contributed by atoms with Crippen molar-refractivity contribution in [3.05, 3.63) is 70.9 Å². The first-order valence-corrected chi connectivity index (χ1v) is 8.47. The molecule has 0 bridgehead atoms. The van der Waals surface area contributed by atoms with Gasteiger partial charge in [-0.2, -0.15) is 0 Å². The average molecular weight is 332 g/mol. The number of amides is 1. The predicted molar refractivity (Wildman–Crippen MR) is 97.9 cm³/mol. The van der Waals surface area contributed by atoms with Gasteiger partial charge in [0.15, 0.2) is 0 Å². The molecule has 3 aromatic rings. The maximum Gasteiger partial charge on any atom is 0.256 e. The Labute approximate surface area is 147 Å². The molecular weight excluding hydrogens is 312 g/mol. The second-order valence-corrected chi connectivity index (χ2v) is 6.43. The van der Waals surface area contributed by atoms with Gasteiger partial charge in [-0.05, 0) is 42.7 Å². The highest BCUT2D eigenvalue weighted by Crippen LogP contribution is 2.25. The van der Waals surface area contributed by atoms with E-state index in [0.717, 1.165) is 35.3 Å². The van der Waals surface area contributed by atoms with Crippen LogP contribution in [0.25, 0.3) is 10.9 Å². The van der Waals surface area contributed by atoms with Crippen molar-refractivity contribution < 1.29 is 9.53 Å². The molecule has 126 valence electrons. The summed E-state index contributed by atoms with van der Waals surface area (Å²) in [6.45, 7) is 3.30. The molecule has 25 heavy (non-hydrogen) atoms. The maximum atomic E-state index is 13.1. The minimum atomic E-state index is 0.0530. The van der Waals surface area contributed by atoms with Crippen LogP contribution in [0.15, 0.2) is 48.5 Å². The van der Waals surface area contributed by atoms with Crippen LogP contribution in [-0.2, 0) is 13.0 Å². The molecule has 0 aliphatic carbocycles. The molecule has 2 heterocycles. The maximum absolute atomic E-state index is 13.1. The molecule has 1 amide bonds. The monoisotopic (exact) mass is 332 g/mol. The number of fused-ring (bicyclic) bond motifs is 2. The molecule has 0 N–H and O–H groups in total. The van der Waals surface area contributed by atoms with Crippen molar-refractivity contribution >= 4 is 16.8 Å². The van der Waals surface area contributed by atoms with E-state index in [1.165, 1.54) is 11.1 Å². The van der Waals surface area contributed by atoms with Crippen molar-refractivity contribution in [2.45, 2.75) is 19.9 Å². The van der Waals surface area contributed by atoms with Gasteiger partial charge in [0.2, 0.25) is 0 Å². The molecule has 0 atom stereocenters. The molecule has 4 heteroatoms. The van der Waals surface area contributed by atoms with Crippen LogP contribution < -0.4 is 4.74 Å². The van der Waals surface area contributed by atoms with E-state index in [1.807, 2.05) is 42.2 Å². The first kappa shape index (κ1) is 15.6. The first-order valence-electron chi connectivity index (χ1n) is 8.47. The summed E-state index contributed by atoms with van der Waals surface area (Å²) in [4.78, 5) is 19.6. The molecule has 1 aliphatic rings. The van der Waals surface area contributed by atoms with E-state index in [2.05, 4.69) is 23.2 Å². The van der Waals surface area contributed by atoms with Crippen LogP contribution in [0, 0.1) is 6.92 Å². The number of aromatic nitrogens is 1. The highest BCUT2D eigenvalue weighted by molar-refractivity contribution is 5.98. The quantitative estimate of drug-likeness (QED) is 0.718. The second-order valence-electron chi connectivity index (χ2n) is 6.43. The van der Waals surface area contributed by atoms with Gasteiger partial charge in [-0.3, -0.25) is 9.78 Å². The van der Waals surface area contributed by atoms with Gasteiger partial charge in [-0.25, -0.2) is 0 Å². The van der Waals surface area contributed by atoms with Crippen LogP contribution in [0.3, 0.4) is 0 Å². The molecule has 0 spiro atoms. The zero-order valence-corrected chi connectivity index (χ0v) is 14.5. The van der Waals surface area contributed by atoms with Gasteiger partial charge in [0, 0.05) is 24.5 Å². The highest BCUT2D eigenvalue weighted by atomic mass is 16.5. The van der Waals surface area contributed by atoms with Gasteiger partial charge < -0.3 is 9.64 Å². The molecule has 0 saturated heterocycles. The summed E-state index contributed by atoms with van der Waals surface area (Å²) in [5.41, 5.74) is 4.85. The number of hydrogen-bond donors (Lipinski definition) is 0. The summed E-state index contributed by atoms with van der Waals surface area (Å²) >= 11 is 0. The first-order chi connectivity index (χ1) is 12.2. The van der Waals surface area contributed by atoms with Gasteiger partial charge in [0.05, 0.1) is 23.9 Å². The lowest BCUT2D eigenvalue weighted by molar-refractivity contribution is 0.0733. The number of methoxy groups -OCH3 is 1. The normalized spacial score (nSPS) is 13.6. The zero-order chi connectivity index (χ0) is 17.4. The summed E-state index contributed by atoms with van der Waals surface area (Å²) in [7, 11) is 1.64. The molecule has 0 radical (unpaired) electrons. The molecule has 4 rings (SSSR count). The fourth-order valence-corrected chi connectivity index (χ4v) is 3.43. The van der Waals surface area contributed by atoms with Crippen molar-refractivity contribution in [2.24, 2.45) is 0 Å². The molecular formula is C21H20N2O2. The minimum Gasteiger partial charge on any atom is -0.497 e. The molecule has 0 unspecified atom stereocenters. The molecule has 4 nitrogen and oxygen atoms in total. The van der Waals surface area contributed by atoms with Gasteiger partial charge >= 0.3 is 0 Å². The van der Waals surface area contributed by atoms with E-state index in [-0.39, 0.29) is 5.91 Å². The van der Waals surface area contributed by atoms with Gasteiger partial charge in [0.1, 0.15) is 5.75 Å². The molecule has 1 aliphatic heterocycles. The van der Waals surface area contributed by atoms with E-state index >= 15 is 0 Å². The Morgan fingerprint density at radius 2 is 1.92 bits per heavy atom. The van der Waals surface area contributed by atoms with Crippen LogP contribution in [0.4, 0.5) is 0 Å². The Morgan fingerprint density at radius 3 is 2.72 bits per heavy atom. The van der Waals surface area contributed by atoms with Crippen LogP contribution >= 0.6 is 0 Å². The zero-order valence-electron chi connectivity index (χ0n) is 14.5. The lowest BCUT2D eigenvalue weighted by atomic mass is 9.99.